The second-order valence-corrected chi connectivity index (χ2v) is 9.57. The highest BCUT2D eigenvalue weighted by molar-refractivity contribution is 7.18. The fourth-order valence-electron chi connectivity index (χ4n) is 4.12. The number of hydrogen-bond donors (Lipinski definition) is 1. The van der Waals surface area contributed by atoms with E-state index in [0.717, 1.165) is 21.9 Å². The van der Waals surface area contributed by atoms with E-state index in [4.69, 9.17) is 9.72 Å². The fourth-order valence-corrected chi connectivity index (χ4v) is 5.83. The minimum atomic E-state index is -0.463. The van der Waals surface area contributed by atoms with Crippen molar-refractivity contribution >= 4 is 44.7 Å². The number of aromatic nitrogens is 1. The fraction of sp³-hybridized carbons (Fsp3) is 0.429. The van der Waals surface area contributed by atoms with Gasteiger partial charge >= 0.3 is 6.09 Å². The largest absolute Gasteiger partial charge is 0.417 e. The van der Waals surface area contributed by atoms with Crippen LogP contribution in [0.15, 0.2) is 35.7 Å². The van der Waals surface area contributed by atoms with Crippen LogP contribution in [0.5, 0.6) is 5.06 Å². The normalized spacial score (nSPS) is 22.7. The molecule has 0 unspecified atom stereocenters. The zero-order chi connectivity index (χ0) is 18.9. The Morgan fingerprint density at radius 2 is 2.04 bits per heavy atom. The summed E-state index contributed by atoms with van der Waals surface area (Å²) in [5.41, 5.74) is 1.75. The van der Waals surface area contributed by atoms with Crippen molar-refractivity contribution in [2.24, 2.45) is 0 Å². The Kier molecular flexibility index (Phi) is 5.05. The monoisotopic (exact) mass is 413 g/mol. The number of benzene rings is 1. The third-order valence-corrected chi connectivity index (χ3v) is 7.63. The molecular formula is C21H23N3O2S2. The van der Waals surface area contributed by atoms with Gasteiger partial charge in [-0.1, -0.05) is 6.42 Å². The number of rotatable bonds is 4. The lowest BCUT2D eigenvalue weighted by atomic mass is 9.79. The van der Waals surface area contributed by atoms with Gasteiger partial charge in [0, 0.05) is 17.6 Å². The maximum absolute atomic E-state index is 12.0. The third kappa shape index (κ3) is 3.79. The molecule has 1 N–H and O–H groups in total. The number of fused-ring (bicyclic) bond motifs is 1. The van der Waals surface area contributed by atoms with Crippen LogP contribution in [0.3, 0.4) is 0 Å². The van der Waals surface area contributed by atoms with Crippen LogP contribution in [-0.2, 0) is 0 Å². The summed E-state index contributed by atoms with van der Waals surface area (Å²) in [6.07, 6.45) is 6.10. The van der Waals surface area contributed by atoms with E-state index < -0.39 is 6.09 Å². The molecule has 28 heavy (non-hydrogen) atoms. The first-order valence-electron chi connectivity index (χ1n) is 9.91. The molecule has 3 heterocycles. The zero-order valence-electron chi connectivity index (χ0n) is 15.6. The van der Waals surface area contributed by atoms with Crippen molar-refractivity contribution in [3.05, 3.63) is 40.7 Å². The van der Waals surface area contributed by atoms with E-state index in [2.05, 4.69) is 10.2 Å². The van der Waals surface area contributed by atoms with Crippen molar-refractivity contribution in [2.75, 3.05) is 18.4 Å². The van der Waals surface area contributed by atoms with Gasteiger partial charge in [-0.05, 0) is 74.5 Å². The number of hydrogen-bond acceptors (Lipinski definition) is 6. The van der Waals surface area contributed by atoms with Gasteiger partial charge in [-0.2, -0.15) is 0 Å². The summed E-state index contributed by atoms with van der Waals surface area (Å²) in [6, 6.07) is 10.2. The van der Waals surface area contributed by atoms with Crippen molar-refractivity contribution in [1.29, 1.82) is 0 Å². The molecule has 0 radical (unpaired) electrons. The maximum Gasteiger partial charge on any atom is 0.417 e. The number of thiazole rings is 1. The van der Waals surface area contributed by atoms with Gasteiger partial charge in [0.25, 0.3) is 0 Å². The summed E-state index contributed by atoms with van der Waals surface area (Å²) < 4.78 is 6.38. The van der Waals surface area contributed by atoms with E-state index >= 15 is 0 Å². The predicted molar refractivity (Wildman–Crippen MR) is 115 cm³/mol. The lowest BCUT2D eigenvalue weighted by Crippen LogP contribution is -2.46. The summed E-state index contributed by atoms with van der Waals surface area (Å²) in [5.74, 6) is 0.588. The number of likely N-dealkylation sites (tertiary alicyclic amines) is 1. The van der Waals surface area contributed by atoms with Gasteiger partial charge in [0.1, 0.15) is 0 Å². The molecule has 0 atom stereocenters. The number of ether oxygens (including phenoxy) is 1. The molecular weight excluding hydrogens is 390 g/mol. The van der Waals surface area contributed by atoms with E-state index in [0.29, 0.717) is 11.0 Å². The van der Waals surface area contributed by atoms with E-state index in [1.54, 1.807) is 17.4 Å². The Bertz CT molecular complexity index is 957. The minimum Gasteiger partial charge on any atom is -0.399 e. The van der Waals surface area contributed by atoms with Crippen LogP contribution in [0, 0.1) is 0 Å². The van der Waals surface area contributed by atoms with Gasteiger partial charge in [0.2, 0.25) is 0 Å². The molecule has 1 amide bonds. The number of piperidine rings is 1. The zero-order valence-corrected chi connectivity index (χ0v) is 17.2. The quantitative estimate of drug-likeness (QED) is 0.596. The second kappa shape index (κ2) is 7.81. The SMILES string of the molecule is O=C(Nc1ccc2nc(C3CC(N4CCCCC4)C3)sc2c1)Oc1cccs1. The van der Waals surface area contributed by atoms with Crippen LogP contribution in [0.2, 0.25) is 0 Å². The van der Waals surface area contributed by atoms with Gasteiger partial charge < -0.3 is 9.64 Å². The summed E-state index contributed by atoms with van der Waals surface area (Å²) in [7, 11) is 0. The minimum absolute atomic E-state index is 0.463. The Morgan fingerprint density at radius 3 is 2.82 bits per heavy atom. The highest BCUT2D eigenvalue weighted by Gasteiger charge is 2.36. The molecule has 3 aromatic rings. The summed E-state index contributed by atoms with van der Waals surface area (Å²) in [4.78, 5) is 19.6. The molecule has 0 bridgehead atoms. The third-order valence-electron chi connectivity index (χ3n) is 5.71. The van der Waals surface area contributed by atoms with Crippen LogP contribution in [-0.4, -0.2) is 35.1 Å². The van der Waals surface area contributed by atoms with E-state index in [1.807, 2.05) is 29.6 Å². The number of nitrogens with zero attached hydrogens (tertiary/aromatic N) is 2. The van der Waals surface area contributed by atoms with Gasteiger partial charge in [0.05, 0.1) is 15.2 Å². The van der Waals surface area contributed by atoms with Crippen LogP contribution in [0.1, 0.15) is 43.0 Å². The highest BCUT2D eigenvalue weighted by Crippen LogP contribution is 2.43. The van der Waals surface area contributed by atoms with Crippen LogP contribution < -0.4 is 10.1 Å². The Balaban J connectivity index is 1.22. The van der Waals surface area contributed by atoms with Gasteiger partial charge in [0.15, 0.2) is 5.06 Å². The molecule has 5 nitrogen and oxygen atoms in total. The van der Waals surface area contributed by atoms with Gasteiger partial charge in [-0.25, -0.2) is 9.78 Å². The first kappa shape index (κ1) is 18.1. The molecule has 1 saturated carbocycles. The van der Waals surface area contributed by atoms with Crippen molar-refractivity contribution in [3.8, 4) is 5.06 Å². The van der Waals surface area contributed by atoms with Gasteiger partial charge in [-0.15, -0.1) is 22.7 Å². The van der Waals surface area contributed by atoms with E-state index in [9.17, 15) is 4.79 Å². The predicted octanol–water partition coefficient (Wildman–Crippen LogP) is 5.70. The smallest absolute Gasteiger partial charge is 0.399 e. The van der Waals surface area contributed by atoms with Crippen molar-refractivity contribution < 1.29 is 9.53 Å². The standard InChI is InChI=1S/C21H23N3O2S2/c25-21(26-19-5-4-10-27-19)22-15-6-7-17-18(13-15)28-20(23-17)14-11-16(12-14)24-8-2-1-3-9-24/h4-7,10,13-14,16H,1-3,8-9,11-12H2,(H,22,25). The first-order valence-corrected chi connectivity index (χ1v) is 11.6. The summed E-state index contributed by atoms with van der Waals surface area (Å²) >= 11 is 3.15. The Hall–Kier alpha value is -1.96. The average Bonchev–Trinajstić information content (AvgIpc) is 3.30. The van der Waals surface area contributed by atoms with E-state index in [1.165, 1.54) is 61.5 Å². The second-order valence-electron chi connectivity index (χ2n) is 7.60. The van der Waals surface area contributed by atoms with Crippen molar-refractivity contribution in [2.45, 2.75) is 44.1 Å². The molecule has 2 aliphatic rings. The molecule has 2 fully saturated rings. The summed E-state index contributed by atoms with van der Waals surface area (Å²) in [5, 5.41) is 6.51. The average molecular weight is 414 g/mol. The number of nitrogens with one attached hydrogen (secondary N) is 1. The molecule has 1 aromatic carbocycles. The topological polar surface area (TPSA) is 54.5 Å². The molecule has 5 rings (SSSR count). The lowest BCUT2D eigenvalue weighted by Gasteiger charge is -2.43. The molecule has 7 heteroatoms. The number of carbonyl (C=O) groups is 1. The highest BCUT2D eigenvalue weighted by atomic mass is 32.1. The number of anilines is 1. The molecule has 1 aliphatic carbocycles. The Labute approximate surface area is 172 Å². The van der Waals surface area contributed by atoms with Gasteiger partial charge in [-0.3, -0.25) is 5.32 Å². The first-order chi connectivity index (χ1) is 13.7. The molecule has 1 saturated heterocycles. The molecule has 146 valence electrons. The molecule has 2 aromatic heterocycles. The van der Waals surface area contributed by atoms with Crippen LogP contribution in [0.25, 0.3) is 10.2 Å². The molecule has 1 aliphatic heterocycles. The van der Waals surface area contributed by atoms with Crippen molar-refractivity contribution in [1.82, 2.24) is 9.88 Å². The van der Waals surface area contributed by atoms with E-state index in [-0.39, 0.29) is 0 Å². The molecule has 0 spiro atoms. The van der Waals surface area contributed by atoms with Crippen LogP contribution in [0.4, 0.5) is 10.5 Å². The van der Waals surface area contributed by atoms with Crippen molar-refractivity contribution in [3.63, 3.8) is 0 Å². The summed E-state index contributed by atoms with van der Waals surface area (Å²) in [6.45, 7) is 2.54. The number of carbonyl (C=O) groups excluding carboxylic acids is 1. The number of amides is 1. The Morgan fingerprint density at radius 1 is 1.18 bits per heavy atom. The number of thiophene rings is 1. The lowest BCUT2D eigenvalue weighted by molar-refractivity contribution is 0.0888. The maximum atomic E-state index is 12.0. The van der Waals surface area contributed by atoms with Crippen LogP contribution >= 0.6 is 22.7 Å².